The standard InChI is InChI=1S/C16H33O4P/c1-6-7-8-14(16(4,5)20-21(17,18)19)13-9-11-15(2,3)12-10-13/h13-14H,6-12H2,1-5H3,(H2,17,18,19). The maximum atomic E-state index is 11.3. The third-order valence-corrected chi connectivity index (χ3v) is 5.78. The number of hydrogen-bond acceptors (Lipinski definition) is 2. The van der Waals surface area contributed by atoms with Gasteiger partial charge in [0.1, 0.15) is 0 Å². The highest BCUT2D eigenvalue weighted by molar-refractivity contribution is 7.46. The molecule has 0 spiro atoms. The van der Waals surface area contributed by atoms with E-state index in [-0.39, 0.29) is 5.92 Å². The molecule has 0 amide bonds. The molecule has 5 heteroatoms. The molecule has 0 aromatic rings. The first-order chi connectivity index (χ1) is 9.47. The average Bonchev–Trinajstić information content (AvgIpc) is 2.28. The summed E-state index contributed by atoms with van der Waals surface area (Å²) >= 11 is 0. The predicted molar refractivity (Wildman–Crippen MR) is 86.0 cm³/mol. The molecule has 0 radical (unpaired) electrons. The van der Waals surface area contributed by atoms with Crippen molar-refractivity contribution < 1.29 is 18.9 Å². The van der Waals surface area contributed by atoms with Gasteiger partial charge in [-0.25, -0.2) is 4.57 Å². The average molecular weight is 320 g/mol. The Kier molecular flexibility index (Phi) is 6.50. The van der Waals surface area contributed by atoms with E-state index >= 15 is 0 Å². The van der Waals surface area contributed by atoms with Crippen molar-refractivity contribution in [1.82, 2.24) is 0 Å². The SMILES string of the molecule is CCCCC(C1CCC(C)(C)CC1)C(C)(C)OP(=O)(O)O. The molecule has 0 aromatic heterocycles. The Hall–Kier alpha value is 0.110. The van der Waals surface area contributed by atoms with E-state index in [0.29, 0.717) is 11.3 Å². The monoisotopic (exact) mass is 320 g/mol. The van der Waals surface area contributed by atoms with E-state index in [2.05, 4.69) is 20.8 Å². The summed E-state index contributed by atoms with van der Waals surface area (Å²) in [6.45, 7) is 10.4. The Morgan fingerprint density at radius 3 is 2.24 bits per heavy atom. The molecule has 1 unspecified atom stereocenters. The molecule has 1 aliphatic carbocycles. The molecule has 2 N–H and O–H groups in total. The third kappa shape index (κ3) is 6.40. The van der Waals surface area contributed by atoms with Crippen LogP contribution in [0.3, 0.4) is 0 Å². The van der Waals surface area contributed by atoms with Crippen LogP contribution in [0.25, 0.3) is 0 Å². The van der Waals surface area contributed by atoms with E-state index in [1.54, 1.807) is 0 Å². The first-order valence-electron chi connectivity index (χ1n) is 8.23. The maximum Gasteiger partial charge on any atom is 0.470 e. The van der Waals surface area contributed by atoms with Crippen molar-refractivity contribution in [2.75, 3.05) is 0 Å². The molecule has 0 aliphatic heterocycles. The van der Waals surface area contributed by atoms with Crippen molar-refractivity contribution in [3.05, 3.63) is 0 Å². The van der Waals surface area contributed by atoms with Crippen molar-refractivity contribution in [2.24, 2.45) is 17.3 Å². The van der Waals surface area contributed by atoms with Crippen LogP contribution in [0.15, 0.2) is 0 Å². The zero-order valence-electron chi connectivity index (χ0n) is 14.3. The molecule has 1 saturated carbocycles. The second kappa shape index (κ2) is 7.12. The molecule has 4 nitrogen and oxygen atoms in total. The Bertz CT molecular complexity index is 362. The van der Waals surface area contributed by atoms with Gasteiger partial charge in [0.15, 0.2) is 0 Å². The van der Waals surface area contributed by atoms with Crippen molar-refractivity contribution in [2.45, 2.75) is 85.2 Å². The van der Waals surface area contributed by atoms with Gasteiger partial charge in [0.2, 0.25) is 0 Å². The Labute approximate surface area is 129 Å². The summed E-state index contributed by atoms with van der Waals surface area (Å²) < 4.78 is 16.4. The number of rotatable bonds is 7. The summed E-state index contributed by atoms with van der Waals surface area (Å²) in [6, 6.07) is 0. The summed E-state index contributed by atoms with van der Waals surface area (Å²) in [4.78, 5) is 18.4. The van der Waals surface area contributed by atoms with Crippen LogP contribution in [0, 0.1) is 17.3 Å². The molecule has 0 heterocycles. The zero-order chi connectivity index (χ0) is 16.3. The highest BCUT2D eigenvalue weighted by Crippen LogP contribution is 2.50. The molecule has 0 aromatic carbocycles. The van der Waals surface area contributed by atoms with Gasteiger partial charge < -0.3 is 9.79 Å². The fraction of sp³-hybridized carbons (Fsp3) is 1.00. The molecule has 0 bridgehead atoms. The number of unbranched alkanes of at least 4 members (excludes halogenated alkanes) is 1. The van der Waals surface area contributed by atoms with Gasteiger partial charge in [-0.3, -0.25) is 4.52 Å². The minimum Gasteiger partial charge on any atom is -0.303 e. The number of hydrogen-bond donors (Lipinski definition) is 2. The number of phosphoric ester groups is 1. The van der Waals surface area contributed by atoms with Crippen LogP contribution in [0.1, 0.15) is 79.6 Å². The molecule has 126 valence electrons. The lowest BCUT2D eigenvalue weighted by atomic mass is 9.65. The van der Waals surface area contributed by atoms with E-state index < -0.39 is 13.4 Å². The van der Waals surface area contributed by atoms with Gasteiger partial charge >= 0.3 is 7.82 Å². The molecular formula is C16H33O4P. The minimum atomic E-state index is -4.45. The van der Waals surface area contributed by atoms with Crippen molar-refractivity contribution in [1.29, 1.82) is 0 Å². The molecule has 1 atom stereocenters. The van der Waals surface area contributed by atoms with Crippen molar-refractivity contribution in [3.8, 4) is 0 Å². The quantitative estimate of drug-likeness (QED) is 0.655. The highest BCUT2D eigenvalue weighted by Gasteiger charge is 2.42. The van der Waals surface area contributed by atoms with Crippen molar-refractivity contribution >= 4 is 7.82 Å². The fourth-order valence-corrected chi connectivity index (χ4v) is 4.52. The van der Waals surface area contributed by atoms with Crippen LogP contribution in [0.5, 0.6) is 0 Å². The minimum absolute atomic E-state index is 0.209. The lowest BCUT2D eigenvalue weighted by molar-refractivity contribution is -0.0293. The van der Waals surface area contributed by atoms with Gasteiger partial charge in [-0.2, -0.15) is 0 Å². The summed E-state index contributed by atoms with van der Waals surface area (Å²) in [5.74, 6) is 0.715. The Morgan fingerprint density at radius 1 is 1.29 bits per heavy atom. The molecule has 1 aliphatic rings. The Morgan fingerprint density at radius 2 is 1.81 bits per heavy atom. The van der Waals surface area contributed by atoms with Crippen LogP contribution in [0.4, 0.5) is 0 Å². The molecular weight excluding hydrogens is 287 g/mol. The van der Waals surface area contributed by atoms with E-state index in [1.165, 1.54) is 12.8 Å². The van der Waals surface area contributed by atoms with Gasteiger partial charge in [0, 0.05) is 0 Å². The second-order valence-electron chi connectivity index (χ2n) is 7.94. The topological polar surface area (TPSA) is 66.8 Å². The first kappa shape index (κ1) is 19.2. The Balaban J connectivity index is 2.82. The normalized spacial score (nSPS) is 22.2. The van der Waals surface area contributed by atoms with E-state index in [1.807, 2.05) is 13.8 Å². The van der Waals surface area contributed by atoms with Crippen LogP contribution >= 0.6 is 7.82 Å². The summed E-state index contributed by atoms with van der Waals surface area (Å²) in [6.07, 6.45) is 7.80. The highest BCUT2D eigenvalue weighted by atomic mass is 31.2. The maximum absolute atomic E-state index is 11.3. The van der Waals surface area contributed by atoms with Crippen LogP contribution in [-0.4, -0.2) is 15.4 Å². The molecule has 1 fully saturated rings. The first-order valence-corrected chi connectivity index (χ1v) is 9.76. The lowest BCUT2D eigenvalue weighted by Gasteiger charge is -2.44. The van der Waals surface area contributed by atoms with E-state index in [4.69, 9.17) is 4.52 Å². The molecule has 21 heavy (non-hydrogen) atoms. The summed E-state index contributed by atoms with van der Waals surface area (Å²) in [7, 11) is -4.45. The molecule has 1 rings (SSSR count). The van der Waals surface area contributed by atoms with Gasteiger partial charge in [0.25, 0.3) is 0 Å². The zero-order valence-corrected chi connectivity index (χ0v) is 15.2. The third-order valence-electron chi connectivity index (χ3n) is 5.07. The van der Waals surface area contributed by atoms with Crippen LogP contribution in [0.2, 0.25) is 0 Å². The van der Waals surface area contributed by atoms with E-state index in [0.717, 1.165) is 32.1 Å². The molecule has 0 saturated heterocycles. The fourth-order valence-electron chi connectivity index (χ4n) is 3.77. The smallest absolute Gasteiger partial charge is 0.303 e. The van der Waals surface area contributed by atoms with Gasteiger partial charge in [-0.15, -0.1) is 0 Å². The van der Waals surface area contributed by atoms with Crippen LogP contribution in [-0.2, 0) is 9.09 Å². The number of phosphoric acid groups is 1. The summed E-state index contributed by atoms with van der Waals surface area (Å²) in [5.41, 5.74) is -0.375. The van der Waals surface area contributed by atoms with Gasteiger partial charge in [-0.1, -0.05) is 33.6 Å². The second-order valence-corrected chi connectivity index (χ2v) is 9.10. The summed E-state index contributed by atoms with van der Waals surface area (Å²) in [5, 5.41) is 0. The lowest BCUT2D eigenvalue weighted by Crippen LogP contribution is -2.40. The largest absolute Gasteiger partial charge is 0.470 e. The van der Waals surface area contributed by atoms with Gasteiger partial charge in [-0.05, 0) is 63.2 Å². The van der Waals surface area contributed by atoms with Gasteiger partial charge in [0.05, 0.1) is 5.60 Å². The van der Waals surface area contributed by atoms with Crippen molar-refractivity contribution in [3.63, 3.8) is 0 Å². The van der Waals surface area contributed by atoms with E-state index in [9.17, 15) is 14.4 Å². The van der Waals surface area contributed by atoms with Crippen LogP contribution < -0.4 is 0 Å². The predicted octanol–water partition coefficient (Wildman–Crippen LogP) is 4.90.